The molecule has 150 valence electrons. The highest BCUT2D eigenvalue weighted by Crippen LogP contribution is 2.28. The fraction of sp³-hybridized carbons (Fsp3) is 0.235. The second kappa shape index (κ2) is 8.63. The van der Waals surface area contributed by atoms with Crippen molar-refractivity contribution in [1.82, 2.24) is 4.31 Å². The maximum atomic E-state index is 14.1. The number of halogens is 2. The van der Waals surface area contributed by atoms with Crippen molar-refractivity contribution in [3.63, 3.8) is 0 Å². The fourth-order valence-electron chi connectivity index (χ4n) is 2.48. The summed E-state index contributed by atoms with van der Waals surface area (Å²) in [4.78, 5) is 22.0. The zero-order valence-corrected chi connectivity index (χ0v) is 16.6. The second-order valence-electron chi connectivity index (χ2n) is 5.61. The van der Waals surface area contributed by atoms with Gasteiger partial charge in [0, 0.05) is 30.4 Å². The van der Waals surface area contributed by atoms with Crippen LogP contribution in [0.2, 0.25) is 5.02 Å². The predicted molar refractivity (Wildman–Crippen MR) is 103 cm³/mol. The van der Waals surface area contributed by atoms with Gasteiger partial charge in [-0.05, 0) is 30.3 Å². The first-order valence-electron chi connectivity index (χ1n) is 8.16. The third-order valence-electron chi connectivity index (χ3n) is 3.92. The Kier molecular flexibility index (Phi) is 6.70. The van der Waals surface area contributed by atoms with Gasteiger partial charge >= 0.3 is 0 Å². The molecule has 0 bridgehead atoms. The lowest BCUT2D eigenvalue weighted by Crippen LogP contribution is -2.31. The lowest BCUT2D eigenvalue weighted by Gasteiger charge is -2.19. The van der Waals surface area contributed by atoms with Crippen molar-refractivity contribution in [1.29, 1.82) is 0 Å². The quantitative estimate of drug-likeness (QED) is 0.533. The second-order valence-corrected chi connectivity index (χ2v) is 7.93. The van der Waals surface area contributed by atoms with E-state index in [4.69, 9.17) is 11.6 Å². The van der Waals surface area contributed by atoms with Crippen LogP contribution in [0, 0.1) is 15.9 Å². The number of sulfonamides is 1. The van der Waals surface area contributed by atoms with Crippen LogP contribution in [0.1, 0.15) is 24.2 Å². The van der Waals surface area contributed by atoms with Crippen LogP contribution in [0.15, 0.2) is 41.3 Å². The van der Waals surface area contributed by atoms with Crippen LogP contribution < -0.4 is 5.32 Å². The Morgan fingerprint density at radius 3 is 2.43 bits per heavy atom. The number of nitro benzene ring substituents is 1. The average Bonchev–Trinajstić information content (AvgIpc) is 2.64. The largest absolute Gasteiger partial charge is 0.322 e. The first kappa shape index (κ1) is 21.7. The van der Waals surface area contributed by atoms with Crippen LogP contribution in [0.3, 0.4) is 0 Å². The minimum absolute atomic E-state index is 0.0820. The zero-order valence-electron chi connectivity index (χ0n) is 15.0. The highest BCUT2D eigenvalue weighted by molar-refractivity contribution is 7.89. The minimum atomic E-state index is -4.11. The molecule has 0 unspecified atom stereocenters. The fourth-order valence-corrected chi connectivity index (χ4v) is 4.21. The molecule has 0 heterocycles. The molecule has 0 fully saturated rings. The van der Waals surface area contributed by atoms with Gasteiger partial charge in [0.25, 0.3) is 11.6 Å². The van der Waals surface area contributed by atoms with Crippen molar-refractivity contribution in [3.8, 4) is 0 Å². The molecule has 11 heteroatoms. The number of carbonyl (C=O) groups excluding carboxylic acids is 1. The molecule has 0 aromatic heterocycles. The minimum Gasteiger partial charge on any atom is -0.322 e. The average molecular weight is 430 g/mol. The Bertz CT molecular complexity index is 1030. The molecule has 0 atom stereocenters. The van der Waals surface area contributed by atoms with Crippen molar-refractivity contribution in [2.75, 3.05) is 18.4 Å². The number of amides is 1. The van der Waals surface area contributed by atoms with Gasteiger partial charge in [0.05, 0.1) is 4.92 Å². The third-order valence-corrected chi connectivity index (χ3v) is 6.30. The SMILES string of the molecule is CCN(CC)S(=O)(=O)c1cc(C(=O)Nc2ccc(Cl)c([N+](=O)[O-])c2)ccc1F. The first-order valence-corrected chi connectivity index (χ1v) is 9.98. The first-order chi connectivity index (χ1) is 13.1. The summed E-state index contributed by atoms with van der Waals surface area (Å²) in [6.45, 7) is 3.51. The van der Waals surface area contributed by atoms with Crippen molar-refractivity contribution < 1.29 is 22.5 Å². The van der Waals surface area contributed by atoms with Crippen LogP contribution in [-0.4, -0.2) is 36.6 Å². The van der Waals surface area contributed by atoms with Crippen LogP contribution in [0.5, 0.6) is 0 Å². The predicted octanol–water partition coefficient (Wildman–Crippen LogP) is 3.67. The van der Waals surface area contributed by atoms with Gasteiger partial charge in [0.1, 0.15) is 15.7 Å². The summed E-state index contributed by atoms with van der Waals surface area (Å²) < 4.78 is 40.4. The molecule has 1 N–H and O–H groups in total. The van der Waals surface area contributed by atoms with E-state index in [2.05, 4.69) is 5.32 Å². The lowest BCUT2D eigenvalue weighted by molar-refractivity contribution is -0.384. The standard InChI is InChI=1S/C17H17ClFN3O5S/c1-3-21(4-2)28(26,27)16-9-11(5-8-14(16)19)17(23)20-12-6-7-13(18)15(10-12)22(24)25/h5-10H,3-4H2,1-2H3,(H,20,23). The summed E-state index contributed by atoms with van der Waals surface area (Å²) in [7, 11) is -4.11. The van der Waals surface area contributed by atoms with Crippen molar-refractivity contribution in [3.05, 3.63) is 62.9 Å². The number of carbonyl (C=O) groups is 1. The number of anilines is 1. The maximum Gasteiger partial charge on any atom is 0.289 e. The van der Waals surface area contributed by atoms with Crippen molar-refractivity contribution in [2.45, 2.75) is 18.7 Å². The lowest BCUT2D eigenvalue weighted by atomic mass is 10.2. The van der Waals surface area contributed by atoms with E-state index in [9.17, 15) is 27.7 Å². The van der Waals surface area contributed by atoms with E-state index in [1.807, 2.05) is 0 Å². The van der Waals surface area contributed by atoms with Crippen molar-refractivity contribution >= 4 is 38.9 Å². The summed E-state index contributed by atoms with van der Waals surface area (Å²) in [5, 5.41) is 13.2. The monoisotopic (exact) mass is 429 g/mol. The summed E-state index contributed by atoms with van der Waals surface area (Å²) >= 11 is 5.72. The maximum absolute atomic E-state index is 14.1. The highest BCUT2D eigenvalue weighted by Gasteiger charge is 2.26. The number of rotatable bonds is 7. The van der Waals surface area contributed by atoms with E-state index in [0.29, 0.717) is 0 Å². The summed E-state index contributed by atoms with van der Waals surface area (Å²) in [6.07, 6.45) is 0. The number of nitrogens with zero attached hydrogens (tertiary/aromatic N) is 2. The normalized spacial score (nSPS) is 11.5. The third kappa shape index (κ3) is 4.46. The number of hydrogen-bond donors (Lipinski definition) is 1. The molecular weight excluding hydrogens is 413 g/mol. The summed E-state index contributed by atoms with van der Waals surface area (Å²) in [5.74, 6) is -1.74. The van der Waals surface area contributed by atoms with Crippen LogP contribution in [0.25, 0.3) is 0 Å². The molecule has 2 rings (SSSR count). The van der Waals surface area contributed by atoms with Crippen LogP contribution in [0.4, 0.5) is 15.8 Å². The van der Waals surface area contributed by atoms with Gasteiger partial charge in [-0.2, -0.15) is 4.31 Å². The molecule has 0 aliphatic rings. The molecular formula is C17H17ClFN3O5S. The Morgan fingerprint density at radius 2 is 1.86 bits per heavy atom. The summed E-state index contributed by atoms with van der Waals surface area (Å²) in [6, 6.07) is 6.60. The molecule has 0 saturated heterocycles. The van der Waals surface area contributed by atoms with Gasteiger partial charge in [-0.1, -0.05) is 25.4 Å². The van der Waals surface area contributed by atoms with E-state index in [0.717, 1.165) is 28.6 Å². The molecule has 0 spiro atoms. The number of hydrogen-bond acceptors (Lipinski definition) is 5. The van der Waals surface area contributed by atoms with Crippen molar-refractivity contribution in [2.24, 2.45) is 0 Å². The molecule has 2 aromatic rings. The Morgan fingerprint density at radius 1 is 1.21 bits per heavy atom. The van der Waals surface area contributed by atoms with E-state index in [1.165, 1.54) is 12.1 Å². The van der Waals surface area contributed by atoms with Gasteiger partial charge in [0.15, 0.2) is 0 Å². The van der Waals surface area contributed by atoms with Crippen LogP contribution >= 0.6 is 11.6 Å². The van der Waals surface area contributed by atoms with Gasteiger partial charge < -0.3 is 5.32 Å². The summed E-state index contributed by atoms with van der Waals surface area (Å²) in [5.41, 5.74) is -0.438. The highest BCUT2D eigenvalue weighted by atomic mass is 35.5. The van der Waals surface area contributed by atoms with Gasteiger partial charge in [-0.25, -0.2) is 12.8 Å². The molecule has 0 radical (unpaired) electrons. The zero-order chi connectivity index (χ0) is 21.1. The Hall–Kier alpha value is -2.56. The smallest absolute Gasteiger partial charge is 0.289 e. The van der Waals surface area contributed by atoms with Gasteiger partial charge in [0.2, 0.25) is 10.0 Å². The topological polar surface area (TPSA) is 110 Å². The van der Waals surface area contributed by atoms with Gasteiger partial charge in [-0.15, -0.1) is 0 Å². The molecule has 0 saturated carbocycles. The van der Waals surface area contributed by atoms with E-state index < -0.39 is 37.3 Å². The molecule has 2 aromatic carbocycles. The molecule has 1 amide bonds. The molecule has 28 heavy (non-hydrogen) atoms. The van der Waals surface area contributed by atoms with E-state index >= 15 is 0 Å². The van der Waals surface area contributed by atoms with E-state index in [-0.39, 0.29) is 29.4 Å². The Labute approximate surface area is 166 Å². The van der Waals surface area contributed by atoms with E-state index in [1.54, 1.807) is 13.8 Å². The number of nitro groups is 1. The number of nitrogens with one attached hydrogen (secondary N) is 1. The molecule has 8 nitrogen and oxygen atoms in total. The molecule has 0 aliphatic carbocycles. The van der Waals surface area contributed by atoms with Gasteiger partial charge in [-0.3, -0.25) is 14.9 Å². The number of benzene rings is 2. The molecule has 0 aliphatic heterocycles. The Balaban J connectivity index is 2.38. The van der Waals surface area contributed by atoms with Crippen LogP contribution in [-0.2, 0) is 10.0 Å².